The third kappa shape index (κ3) is 6.54. The van der Waals surface area contributed by atoms with E-state index < -0.39 is 5.91 Å². The molecule has 2 amide bonds. The smallest absolute Gasteiger partial charge is 0.258 e. The van der Waals surface area contributed by atoms with Gasteiger partial charge in [0, 0.05) is 28.7 Å². The number of hydrogen-bond donors (Lipinski definition) is 2. The highest BCUT2D eigenvalue weighted by molar-refractivity contribution is 6.31. The van der Waals surface area contributed by atoms with Crippen LogP contribution in [0.4, 0.5) is 11.5 Å². The first-order valence-corrected chi connectivity index (χ1v) is 11.1. The van der Waals surface area contributed by atoms with Crippen molar-refractivity contribution in [1.29, 1.82) is 0 Å². The molecule has 0 saturated heterocycles. The van der Waals surface area contributed by atoms with E-state index in [1.165, 1.54) is 12.3 Å². The van der Waals surface area contributed by atoms with Crippen LogP contribution in [-0.2, 0) is 5.41 Å². The zero-order valence-electron chi connectivity index (χ0n) is 18.9. The Morgan fingerprint density at radius 2 is 1.58 bits per heavy atom. The number of anilines is 2. The fourth-order valence-corrected chi connectivity index (χ4v) is 3.88. The molecule has 0 fully saturated rings. The Hall–Kier alpha value is -2.93. The molecule has 0 aliphatic carbocycles. The molecule has 0 atom stereocenters. The molecule has 2 N–H and O–H groups in total. The second-order valence-electron chi connectivity index (χ2n) is 8.66. The van der Waals surface area contributed by atoms with Crippen LogP contribution in [0.3, 0.4) is 0 Å². The van der Waals surface area contributed by atoms with Crippen molar-refractivity contribution in [2.45, 2.75) is 19.3 Å². The molecule has 0 aliphatic rings. The minimum absolute atomic E-state index is 0.0599. The highest BCUT2D eigenvalue weighted by Crippen LogP contribution is 2.26. The van der Waals surface area contributed by atoms with Gasteiger partial charge < -0.3 is 15.5 Å². The summed E-state index contributed by atoms with van der Waals surface area (Å²) in [4.78, 5) is 31.9. The van der Waals surface area contributed by atoms with Gasteiger partial charge in [-0.15, -0.1) is 0 Å². The van der Waals surface area contributed by atoms with E-state index in [4.69, 9.17) is 23.2 Å². The van der Waals surface area contributed by atoms with Crippen molar-refractivity contribution in [2.24, 2.45) is 0 Å². The number of aromatic nitrogens is 1. The van der Waals surface area contributed by atoms with Crippen LogP contribution in [0.15, 0.2) is 60.8 Å². The normalized spacial score (nSPS) is 11.4. The minimum atomic E-state index is -0.455. The van der Waals surface area contributed by atoms with Gasteiger partial charge in [0.15, 0.2) is 0 Å². The average molecular weight is 485 g/mol. The van der Waals surface area contributed by atoms with Gasteiger partial charge in [-0.3, -0.25) is 9.59 Å². The maximum atomic E-state index is 12.9. The van der Waals surface area contributed by atoms with Crippen LogP contribution < -0.4 is 10.6 Å². The number of hydrogen-bond acceptors (Lipinski definition) is 4. The maximum Gasteiger partial charge on any atom is 0.258 e. The Morgan fingerprint density at radius 3 is 2.18 bits per heavy atom. The predicted octanol–water partition coefficient (Wildman–Crippen LogP) is 5.73. The Morgan fingerprint density at radius 1 is 0.909 bits per heavy atom. The second kappa shape index (κ2) is 10.3. The van der Waals surface area contributed by atoms with Crippen LogP contribution in [0.5, 0.6) is 0 Å². The van der Waals surface area contributed by atoms with Gasteiger partial charge in [-0.25, -0.2) is 4.98 Å². The lowest BCUT2D eigenvalue weighted by atomic mass is 9.84. The summed E-state index contributed by atoms with van der Waals surface area (Å²) in [5.41, 5.74) is 2.12. The molecular formula is C25H26Cl2N4O2. The summed E-state index contributed by atoms with van der Waals surface area (Å²) in [6, 6.07) is 15.4. The van der Waals surface area contributed by atoms with E-state index in [0.717, 1.165) is 12.1 Å². The summed E-state index contributed by atoms with van der Waals surface area (Å²) in [7, 11) is 4.07. The fourth-order valence-electron chi connectivity index (χ4n) is 3.60. The minimum Gasteiger partial charge on any atom is -0.321 e. The SMILES string of the molecule is CN(C)CC(C)(C)c1ccc(C(=O)Nc2ccc(Cl)cc2C(=O)Nc2ccc(Cl)cn2)cc1. The van der Waals surface area contributed by atoms with Crippen molar-refractivity contribution >= 4 is 46.5 Å². The molecule has 172 valence electrons. The van der Waals surface area contributed by atoms with E-state index in [9.17, 15) is 9.59 Å². The standard InChI is InChI=1S/C25H26Cl2N4O2/c1-25(2,15-31(3)4)17-7-5-16(6-8-17)23(32)29-21-11-9-18(26)13-20(21)24(33)30-22-12-10-19(27)14-28-22/h5-14H,15H2,1-4H3,(H,29,32)(H,28,30,33). The summed E-state index contributed by atoms with van der Waals surface area (Å²) in [5.74, 6) is -0.450. The van der Waals surface area contributed by atoms with Gasteiger partial charge in [-0.1, -0.05) is 49.2 Å². The summed E-state index contributed by atoms with van der Waals surface area (Å²) >= 11 is 11.9. The third-order valence-electron chi connectivity index (χ3n) is 5.08. The molecule has 3 aromatic rings. The van der Waals surface area contributed by atoms with E-state index in [1.54, 1.807) is 36.4 Å². The van der Waals surface area contributed by atoms with E-state index in [-0.39, 0.29) is 16.9 Å². The number of rotatable bonds is 7. The molecule has 0 spiro atoms. The number of nitrogens with zero attached hydrogens (tertiary/aromatic N) is 2. The molecule has 0 saturated carbocycles. The summed E-state index contributed by atoms with van der Waals surface area (Å²) in [6.45, 7) is 5.21. The summed E-state index contributed by atoms with van der Waals surface area (Å²) in [6.07, 6.45) is 1.43. The van der Waals surface area contributed by atoms with E-state index in [0.29, 0.717) is 27.1 Å². The van der Waals surface area contributed by atoms with Gasteiger partial charge in [-0.05, 0) is 62.1 Å². The number of benzene rings is 2. The average Bonchev–Trinajstić information content (AvgIpc) is 2.75. The molecule has 0 bridgehead atoms. The first-order valence-electron chi connectivity index (χ1n) is 10.3. The Balaban J connectivity index is 1.78. The Bertz CT molecular complexity index is 1140. The molecule has 33 heavy (non-hydrogen) atoms. The zero-order chi connectivity index (χ0) is 24.2. The molecule has 3 rings (SSSR count). The molecule has 0 unspecified atom stereocenters. The Kier molecular flexibility index (Phi) is 7.74. The van der Waals surface area contributed by atoms with Gasteiger partial charge in [0.05, 0.1) is 16.3 Å². The number of amides is 2. The summed E-state index contributed by atoms with van der Waals surface area (Å²) < 4.78 is 0. The van der Waals surface area contributed by atoms with Crippen LogP contribution in [0.25, 0.3) is 0 Å². The quantitative estimate of drug-likeness (QED) is 0.448. The molecule has 6 nitrogen and oxygen atoms in total. The number of nitrogens with one attached hydrogen (secondary N) is 2. The first kappa shape index (κ1) is 24.7. The van der Waals surface area contributed by atoms with Gasteiger partial charge >= 0.3 is 0 Å². The molecule has 8 heteroatoms. The number of carbonyl (C=O) groups is 2. The van der Waals surface area contributed by atoms with Crippen LogP contribution in [0, 0.1) is 0 Å². The molecule has 0 radical (unpaired) electrons. The topological polar surface area (TPSA) is 74.3 Å². The lowest BCUT2D eigenvalue weighted by Crippen LogP contribution is -2.32. The molecule has 1 aromatic heterocycles. The maximum absolute atomic E-state index is 12.9. The van der Waals surface area contributed by atoms with Gasteiger partial charge in [0.1, 0.15) is 5.82 Å². The predicted molar refractivity (Wildman–Crippen MR) is 135 cm³/mol. The van der Waals surface area contributed by atoms with Crippen molar-refractivity contribution in [3.63, 3.8) is 0 Å². The van der Waals surface area contributed by atoms with Gasteiger partial charge in [0.2, 0.25) is 0 Å². The monoisotopic (exact) mass is 484 g/mol. The number of pyridine rings is 1. The summed E-state index contributed by atoms with van der Waals surface area (Å²) in [5, 5.41) is 6.32. The van der Waals surface area contributed by atoms with E-state index in [1.807, 2.05) is 26.2 Å². The second-order valence-corrected chi connectivity index (χ2v) is 9.53. The molecular weight excluding hydrogens is 459 g/mol. The first-order chi connectivity index (χ1) is 15.5. The van der Waals surface area contributed by atoms with Gasteiger partial charge in [-0.2, -0.15) is 0 Å². The van der Waals surface area contributed by atoms with Crippen molar-refractivity contribution in [1.82, 2.24) is 9.88 Å². The van der Waals surface area contributed by atoms with Crippen LogP contribution in [0.1, 0.15) is 40.1 Å². The number of halogens is 2. The number of carbonyl (C=O) groups excluding carboxylic acids is 2. The largest absolute Gasteiger partial charge is 0.321 e. The molecule has 0 aliphatic heterocycles. The van der Waals surface area contributed by atoms with E-state index in [2.05, 4.69) is 34.4 Å². The molecule has 2 aromatic carbocycles. The van der Waals surface area contributed by atoms with Crippen LogP contribution in [-0.4, -0.2) is 42.3 Å². The van der Waals surface area contributed by atoms with Crippen LogP contribution in [0.2, 0.25) is 10.0 Å². The lowest BCUT2D eigenvalue weighted by Gasteiger charge is -2.29. The zero-order valence-corrected chi connectivity index (χ0v) is 20.5. The van der Waals surface area contributed by atoms with E-state index >= 15 is 0 Å². The fraction of sp³-hybridized carbons (Fsp3) is 0.240. The lowest BCUT2D eigenvalue weighted by molar-refractivity contribution is 0.102. The Labute approximate surface area is 203 Å². The van der Waals surface area contributed by atoms with Crippen molar-refractivity contribution in [2.75, 3.05) is 31.3 Å². The highest BCUT2D eigenvalue weighted by atomic mass is 35.5. The van der Waals surface area contributed by atoms with Gasteiger partial charge in [0.25, 0.3) is 11.8 Å². The third-order valence-corrected chi connectivity index (χ3v) is 5.54. The van der Waals surface area contributed by atoms with Crippen molar-refractivity contribution in [3.8, 4) is 0 Å². The number of likely N-dealkylation sites (N-methyl/N-ethyl adjacent to an activating group) is 1. The van der Waals surface area contributed by atoms with Crippen molar-refractivity contribution in [3.05, 3.63) is 87.5 Å². The van der Waals surface area contributed by atoms with Crippen molar-refractivity contribution < 1.29 is 9.59 Å². The molecule has 1 heterocycles. The van der Waals surface area contributed by atoms with Crippen LogP contribution >= 0.6 is 23.2 Å². The highest BCUT2D eigenvalue weighted by Gasteiger charge is 2.22.